The van der Waals surface area contributed by atoms with Crippen LogP contribution in [0.4, 0.5) is 0 Å². The summed E-state index contributed by atoms with van der Waals surface area (Å²) in [6.45, 7) is 11.8. The van der Waals surface area contributed by atoms with Gasteiger partial charge in [-0.2, -0.15) is 0 Å². The number of hydrogen-bond donors (Lipinski definition) is 0. The zero-order chi connectivity index (χ0) is 12.6. The summed E-state index contributed by atoms with van der Waals surface area (Å²) in [6.07, 6.45) is 3.56. The minimum absolute atomic E-state index is 0.148. The monoisotopic (exact) mass is 238 g/mol. The molecule has 3 nitrogen and oxygen atoms in total. The standard InChI is InChI=1S/C14H26N2O/c1-11(2)13(17)16-10-7-14(16)5-8-15(9-6-14)12(3)4/h11-12H,5-10H2,1-4H3. The second-order valence-electron chi connectivity index (χ2n) is 6.25. The lowest BCUT2D eigenvalue weighted by atomic mass is 9.75. The Hall–Kier alpha value is -0.570. The summed E-state index contributed by atoms with van der Waals surface area (Å²) >= 11 is 0. The third-order valence-corrected chi connectivity index (χ3v) is 4.59. The van der Waals surface area contributed by atoms with Crippen molar-refractivity contribution in [3.8, 4) is 0 Å². The second-order valence-corrected chi connectivity index (χ2v) is 6.25. The maximum atomic E-state index is 12.1. The van der Waals surface area contributed by atoms with Gasteiger partial charge in [0.1, 0.15) is 0 Å². The predicted molar refractivity (Wildman–Crippen MR) is 69.8 cm³/mol. The molecule has 0 aromatic rings. The molecular weight excluding hydrogens is 212 g/mol. The molecule has 0 aromatic carbocycles. The maximum absolute atomic E-state index is 12.1. The van der Waals surface area contributed by atoms with Gasteiger partial charge in [0, 0.05) is 37.1 Å². The molecule has 1 spiro atoms. The number of piperidine rings is 1. The van der Waals surface area contributed by atoms with E-state index in [1.54, 1.807) is 0 Å². The average Bonchev–Trinajstić information content (AvgIpc) is 2.27. The fraction of sp³-hybridized carbons (Fsp3) is 0.929. The van der Waals surface area contributed by atoms with E-state index in [1.165, 1.54) is 19.3 Å². The van der Waals surface area contributed by atoms with Gasteiger partial charge in [0.25, 0.3) is 0 Å². The van der Waals surface area contributed by atoms with Gasteiger partial charge in [-0.25, -0.2) is 0 Å². The Morgan fingerprint density at radius 3 is 1.88 bits per heavy atom. The van der Waals surface area contributed by atoms with Gasteiger partial charge < -0.3 is 9.80 Å². The normalized spacial score (nSPS) is 24.5. The molecule has 0 saturated carbocycles. The molecule has 2 saturated heterocycles. The molecule has 2 aliphatic heterocycles. The number of amides is 1. The van der Waals surface area contributed by atoms with Crippen LogP contribution in [0.25, 0.3) is 0 Å². The SMILES string of the molecule is CC(C)C(=O)N1CCC12CCN(C(C)C)CC2. The minimum Gasteiger partial charge on any atom is -0.337 e. The molecule has 2 aliphatic rings. The van der Waals surface area contributed by atoms with Crippen LogP contribution in [-0.4, -0.2) is 46.9 Å². The van der Waals surface area contributed by atoms with Crippen LogP contribution in [0.15, 0.2) is 0 Å². The molecular formula is C14H26N2O. The van der Waals surface area contributed by atoms with Gasteiger partial charge in [0.2, 0.25) is 5.91 Å². The first-order chi connectivity index (χ1) is 7.96. The van der Waals surface area contributed by atoms with E-state index < -0.39 is 0 Å². The van der Waals surface area contributed by atoms with E-state index in [2.05, 4.69) is 23.6 Å². The van der Waals surface area contributed by atoms with Crippen LogP contribution in [0.2, 0.25) is 0 Å². The van der Waals surface area contributed by atoms with Gasteiger partial charge in [-0.1, -0.05) is 13.8 Å². The van der Waals surface area contributed by atoms with Crippen molar-refractivity contribution in [3.63, 3.8) is 0 Å². The molecule has 98 valence electrons. The van der Waals surface area contributed by atoms with Crippen molar-refractivity contribution >= 4 is 5.91 Å². The molecule has 0 radical (unpaired) electrons. The smallest absolute Gasteiger partial charge is 0.225 e. The van der Waals surface area contributed by atoms with Crippen LogP contribution in [0, 0.1) is 5.92 Å². The summed E-state index contributed by atoms with van der Waals surface area (Å²) in [5.74, 6) is 0.504. The number of nitrogens with zero attached hydrogens (tertiary/aromatic N) is 2. The molecule has 0 aliphatic carbocycles. The lowest BCUT2D eigenvalue weighted by molar-refractivity contribution is -0.156. The van der Waals surface area contributed by atoms with Crippen molar-refractivity contribution in [2.75, 3.05) is 19.6 Å². The molecule has 0 atom stereocenters. The van der Waals surface area contributed by atoms with E-state index in [0.717, 1.165) is 19.6 Å². The van der Waals surface area contributed by atoms with Crippen LogP contribution in [0.5, 0.6) is 0 Å². The van der Waals surface area contributed by atoms with Crippen molar-refractivity contribution < 1.29 is 4.79 Å². The van der Waals surface area contributed by atoms with Crippen LogP contribution in [-0.2, 0) is 4.79 Å². The van der Waals surface area contributed by atoms with E-state index in [4.69, 9.17) is 0 Å². The first kappa shape index (κ1) is 12.9. The van der Waals surface area contributed by atoms with Crippen molar-refractivity contribution in [3.05, 3.63) is 0 Å². The summed E-state index contributed by atoms with van der Waals surface area (Å²) in [5, 5.41) is 0. The number of hydrogen-bond acceptors (Lipinski definition) is 2. The Labute approximate surface area is 105 Å². The molecule has 2 fully saturated rings. The van der Waals surface area contributed by atoms with E-state index >= 15 is 0 Å². The van der Waals surface area contributed by atoms with Gasteiger partial charge in [-0.05, 0) is 33.1 Å². The van der Waals surface area contributed by atoms with Crippen molar-refractivity contribution in [2.24, 2.45) is 5.92 Å². The Balaban J connectivity index is 1.97. The highest BCUT2D eigenvalue weighted by Gasteiger charge is 2.49. The highest BCUT2D eigenvalue weighted by molar-refractivity contribution is 5.80. The molecule has 2 rings (SSSR count). The van der Waals surface area contributed by atoms with Crippen LogP contribution < -0.4 is 0 Å². The van der Waals surface area contributed by atoms with Gasteiger partial charge in [-0.3, -0.25) is 4.79 Å². The van der Waals surface area contributed by atoms with E-state index in [0.29, 0.717) is 11.9 Å². The number of carbonyl (C=O) groups is 1. The summed E-state index contributed by atoms with van der Waals surface area (Å²) < 4.78 is 0. The first-order valence-corrected chi connectivity index (χ1v) is 7.02. The summed E-state index contributed by atoms with van der Waals surface area (Å²) in [7, 11) is 0. The highest BCUT2D eigenvalue weighted by Crippen LogP contribution is 2.40. The molecule has 17 heavy (non-hydrogen) atoms. The van der Waals surface area contributed by atoms with Gasteiger partial charge in [0.15, 0.2) is 0 Å². The fourth-order valence-electron chi connectivity index (χ4n) is 3.17. The van der Waals surface area contributed by atoms with Crippen molar-refractivity contribution in [1.29, 1.82) is 0 Å². The number of rotatable bonds is 2. The molecule has 3 heteroatoms. The maximum Gasteiger partial charge on any atom is 0.225 e. The number of likely N-dealkylation sites (tertiary alicyclic amines) is 2. The second kappa shape index (κ2) is 4.60. The van der Waals surface area contributed by atoms with Gasteiger partial charge in [-0.15, -0.1) is 0 Å². The van der Waals surface area contributed by atoms with Gasteiger partial charge in [0.05, 0.1) is 0 Å². The van der Waals surface area contributed by atoms with Crippen LogP contribution >= 0.6 is 0 Å². The van der Waals surface area contributed by atoms with Crippen molar-refractivity contribution in [2.45, 2.75) is 58.5 Å². The third kappa shape index (κ3) is 2.22. The van der Waals surface area contributed by atoms with Crippen LogP contribution in [0.3, 0.4) is 0 Å². The summed E-state index contributed by atoms with van der Waals surface area (Å²) in [6, 6.07) is 0.640. The molecule has 1 amide bonds. The zero-order valence-electron chi connectivity index (χ0n) is 11.7. The Kier molecular flexibility index (Phi) is 3.48. The third-order valence-electron chi connectivity index (χ3n) is 4.59. The molecule has 0 unspecified atom stereocenters. The first-order valence-electron chi connectivity index (χ1n) is 7.02. The summed E-state index contributed by atoms with van der Waals surface area (Å²) in [4.78, 5) is 16.8. The van der Waals surface area contributed by atoms with E-state index in [1.807, 2.05) is 13.8 Å². The van der Waals surface area contributed by atoms with E-state index in [-0.39, 0.29) is 11.5 Å². The van der Waals surface area contributed by atoms with E-state index in [9.17, 15) is 4.79 Å². The topological polar surface area (TPSA) is 23.6 Å². The van der Waals surface area contributed by atoms with Gasteiger partial charge >= 0.3 is 0 Å². The largest absolute Gasteiger partial charge is 0.337 e. The highest BCUT2D eigenvalue weighted by atomic mass is 16.2. The Morgan fingerprint density at radius 2 is 1.53 bits per heavy atom. The predicted octanol–water partition coefficient (Wildman–Crippen LogP) is 2.12. The molecule has 0 N–H and O–H groups in total. The number of carbonyl (C=O) groups excluding carboxylic acids is 1. The molecule has 2 heterocycles. The Bertz CT molecular complexity index is 291. The molecule has 0 bridgehead atoms. The summed E-state index contributed by atoms with van der Waals surface area (Å²) in [5.41, 5.74) is 0.229. The van der Waals surface area contributed by atoms with Crippen LogP contribution in [0.1, 0.15) is 47.0 Å². The minimum atomic E-state index is 0.148. The van der Waals surface area contributed by atoms with Crippen molar-refractivity contribution in [1.82, 2.24) is 9.80 Å². The Morgan fingerprint density at radius 1 is 1.00 bits per heavy atom. The zero-order valence-corrected chi connectivity index (χ0v) is 11.7. The lowest BCUT2D eigenvalue weighted by Gasteiger charge is -2.57. The quantitative estimate of drug-likeness (QED) is 0.735. The lowest BCUT2D eigenvalue weighted by Crippen LogP contribution is -2.66. The fourth-order valence-corrected chi connectivity index (χ4v) is 3.17. The molecule has 0 aromatic heterocycles. The average molecular weight is 238 g/mol.